The standard InChI is InChI=1S/C30H31N3O4S/c1-22-6-14-28(15-7-22)38(35,36)32-29(21-23-8-9-24-4-2-3-5-25(24)20-23)30(34)31-26-10-12-27(13-11-26)33-16-18-37-19-17-33/h2-15,20,29,32H,16-19,21H2,1H3,(H,31,34)/t29-/m0/s1. The highest BCUT2D eigenvalue weighted by Crippen LogP contribution is 2.21. The van der Waals surface area contributed by atoms with E-state index in [2.05, 4.69) is 14.9 Å². The molecular weight excluding hydrogens is 498 g/mol. The second kappa shape index (κ2) is 11.3. The molecule has 0 bridgehead atoms. The Labute approximate surface area is 223 Å². The molecule has 4 aromatic rings. The fourth-order valence-electron chi connectivity index (χ4n) is 4.57. The molecule has 2 N–H and O–H groups in total. The summed E-state index contributed by atoms with van der Waals surface area (Å²) in [6.45, 7) is 4.91. The van der Waals surface area contributed by atoms with Gasteiger partial charge in [0, 0.05) is 24.5 Å². The van der Waals surface area contributed by atoms with Crippen molar-refractivity contribution in [3.05, 3.63) is 102 Å². The number of hydrogen-bond donors (Lipinski definition) is 2. The van der Waals surface area contributed by atoms with E-state index in [1.807, 2.05) is 73.7 Å². The number of anilines is 2. The van der Waals surface area contributed by atoms with Crippen LogP contribution in [0.2, 0.25) is 0 Å². The molecule has 1 aliphatic rings. The molecule has 8 heteroatoms. The lowest BCUT2D eigenvalue weighted by molar-refractivity contribution is -0.117. The monoisotopic (exact) mass is 529 g/mol. The van der Waals surface area contributed by atoms with Gasteiger partial charge in [-0.15, -0.1) is 0 Å². The van der Waals surface area contributed by atoms with Gasteiger partial charge < -0.3 is 15.0 Å². The summed E-state index contributed by atoms with van der Waals surface area (Å²) in [5.74, 6) is -0.423. The van der Waals surface area contributed by atoms with Gasteiger partial charge in [0.05, 0.1) is 18.1 Å². The average Bonchev–Trinajstić information content (AvgIpc) is 2.93. The summed E-state index contributed by atoms with van der Waals surface area (Å²) in [7, 11) is -3.93. The van der Waals surface area contributed by atoms with E-state index in [9.17, 15) is 13.2 Å². The molecule has 1 aliphatic heterocycles. The molecule has 4 aromatic carbocycles. The molecule has 196 valence electrons. The predicted octanol–water partition coefficient (Wildman–Crippen LogP) is 4.51. The van der Waals surface area contributed by atoms with Crippen LogP contribution in [0.4, 0.5) is 11.4 Å². The minimum absolute atomic E-state index is 0.120. The summed E-state index contributed by atoms with van der Waals surface area (Å²) in [5, 5.41) is 5.02. The highest BCUT2D eigenvalue weighted by atomic mass is 32.2. The van der Waals surface area contributed by atoms with Crippen molar-refractivity contribution in [1.29, 1.82) is 0 Å². The lowest BCUT2D eigenvalue weighted by Crippen LogP contribution is -2.45. The summed E-state index contributed by atoms with van der Waals surface area (Å²) in [6, 6.07) is 27.0. The minimum Gasteiger partial charge on any atom is -0.378 e. The van der Waals surface area contributed by atoms with Crippen LogP contribution in [0.5, 0.6) is 0 Å². The van der Waals surface area contributed by atoms with Crippen LogP contribution in [0.15, 0.2) is 95.9 Å². The third-order valence-corrected chi connectivity index (χ3v) is 8.20. The molecule has 1 atom stereocenters. The summed E-state index contributed by atoms with van der Waals surface area (Å²) in [4.78, 5) is 15.8. The SMILES string of the molecule is Cc1ccc(S(=O)(=O)N[C@@H](Cc2ccc3ccccc3c2)C(=O)Nc2ccc(N3CCOCC3)cc2)cc1. The molecule has 5 rings (SSSR count). The van der Waals surface area contributed by atoms with E-state index in [4.69, 9.17) is 4.74 Å². The zero-order valence-electron chi connectivity index (χ0n) is 21.3. The number of benzene rings is 4. The maximum Gasteiger partial charge on any atom is 0.242 e. The summed E-state index contributed by atoms with van der Waals surface area (Å²) in [6.07, 6.45) is 0.202. The molecule has 7 nitrogen and oxygen atoms in total. The summed E-state index contributed by atoms with van der Waals surface area (Å²) >= 11 is 0. The first kappa shape index (κ1) is 25.9. The number of rotatable bonds is 8. The van der Waals surface area contributed by atoms with Gasteiger partial charge in [0.2, 0.25) is 15.9 Å². The fraction of sp³-hybridized carbons (Fsp3) is 0.233. The van der Waals surface area contributed by atoms with Crippen molar-refractivity contribution in [2.24, 2.45) is 0 Å². The van der Waals surface area contributed by atoms with Crippen LogP contribution in [0, 0.1) is 6.92 Å². The quantitative estimate of drug-likeness (QED) is 0.351. The molecule has 1 saturated heterocycles. The van der Waals surface area contributed by atoms with E-state index in [1.54, 1.807) is 24.3 Å². The van der Waals surface area contributed by atoms with Gasteiger partial charge in [-0.25, -0.2) is 8.42 Å². The first-order valence-electron chi connectivity index (χ1n) is 12.7. The van der Waals surface area contributed by atoms with E-state index in [0.29, 0.717) is 18.9 Å². The molecule has 0 radical (unpaired) electrons. The Bertz CT molecular complexity index is 1510. The first-order chi connectivity index (χ1) is 18.4. The Morgan fingerprint density at radius 1 is 0.895 bits per heavy atom. The van der Waals surface area contributed by atoms with Crippen LogP contribution in [-0.2, 0) is 26.0 Å². The van der Waals surface area contributed by atoms with Crippen LogP contribution >= 0.6 is 0 Å². The number of amides is 1. The number of ether oxygens (including phenoxy) is 1. The lowest BCUT2D eigenvalue weighted by Gasteiger charge is -2.29. The van der Waals surface area contributed by atoms with Gasteiger partial charge in [-0.2, -0.15) is 4.72 Å². The van der Waals surface area contributed by atoms with Gasteiger partial charge in [-0.1, -0.05) is 60.2 Å². The molecule has 1 amide bonds. The third kappa shape index (κ3) is 6.22. The van der Waals surface area contributed by atoms with Crippen LogP contribution in [-0.4, -0.2) is 46.7 Å². The molecular formula is C30H31N3O4S. The molecule has 0 saturated carbocycles. The van der Waals surface area contributed by atoms with Crippen molar-refractivity contribution in [2.45, 2.75) is 24.3 Å². The fourth-order valence-corrected chi connectivity index (χ4v) is 5.76. The first-order valence-corrected chi connectivity index (χ1v) is 14.2. The number of hydrogen-bond acceptors (Lipinski definition) is 5. The predicted molar refractivity (Wildman–Crippen MR) is 151 cm³/mol. The summed E-state index contributed by atoms with van der Waals surface area (Å²) < 4.78 is 34.5. The molecule has 1 fully saturated rings. The number of nitrogens with one attached hydrogen (secondary N) is 2. The molecule has 0 aromatic heterocycles. The molecule has 1 heterocycles. The number of fused-ring (bicyclic) bond motifs is 1. The molecule has 0 aliphatic carbocycles. The van der Waals surface area contributed by atoms with Gasteiger partial charge >= 0.3 is 0 Å². The van der Waals surface area contributed by atoms with Gasteiger partial charge in [0.25, 0.3) is 0 Å². The zero-order valence-corrected chi connectivity index (χ0v) is 22.1. The van der Waals surface area contributed by atoms with Crippen LogP contribution in [0.3, 0.4) is 0 Å². The Balaban J connectivity index is 1.37. The number of carbonyl (C=O) groups is 1. The zero-order chi connectivity index (χ0) is 26.5. The normalized spacial score (nSPS) is 14.8. The largest absolute Gasteiger partial charge is 0.378 e. The van der Waals surface area contributed by atoms with E-state index >= 15 is 0 Å². The highest BCUT2D eigenvalue weighted by Gasteiger charge is 2.26. The van der Waals surface area contributed by atoms with Crippen molar-refractivity contribution < 1.29 is 17.9 Å². The van der Waals surface area contributed by atoms with Gasteiger partial charge in [0.15, 0.2) is 0 Å². The van der Waals surface area contributed by atoms with E-state index in [-0.39, 0.29) is 11.3 Å². The number of sulfonamides is 1. The Hall–Kier alpha value is -3.72. The Morgan fingerprint density at radius 2 is 1.58 bits per heavy atom. The minimum atomic E-state index is -3.93. The number of carbonyl (C=O) groups excluding carboxylic acids is 1. The van der Waals surface area contributed by atoms with Gasteiger partial charge in [0.1, 0.15) is 6.04 Å². The van der Waals surface area contributed by atoms with E-state index < -0.39 is 22.0 Å². The smallest absolute Gasteiger partial charge is 0.242 e. The topological polar surface area (TPSA) is 87.7 Å². The lowest BCUT2D eigenvalue weighted by atomic mass is 10.0. The second-order valence-electron chi connectivity index (χ2n) is 9.51. The summed E-state index contributed by atoms with van der Waals surface area (Å²) in [5.41, 5.74) is 3.47. The Morgan fingerprint density at radius 3 is 2.29 bits per heavy atom. The van der Waals surface area contributed by atoms with Crippen molar-refractivity contribution >= 4 is 38.1 Å². The number of aryl methyl sites for hydroxylation is 1. The van der Waals surface area contributed by atoms with Crippen LogP contribution < -0.4 is 14.9 Å². The van der Waals surface area contributed by atoms with Crippen molar-refractivity contribution in [1.82, 2.24) is 4.72 Å². The average molecular weight is 530 g/mol. The third-order valence-electron chi connectivity index (χ3n) is 6.71. The van der Waals surface area contributed by atoms with E-state index in [1.165, 1.54) is 0 Å². The number of nitrogens with zero attached hydrogens (tertiary/aromatic N) is 1. The van der Waals surface area contributed by atoms with Crippen LogP contribution in [0.1, 0.15) is 11.1 Å². The molecule has 0 spiro atoms. The van der Waals surface area contributed by atoms with E-state index in [0.717, 1.165) is 40.7 Å². The van der Waals surface area contributed by atoms with Crippen LogP contribution in [0.25, 0.3) is 10.8 Å². The maximum atomic E-state index is 13.5. The van der Waals surface area contributed by atoms with Gasteiger partial charge in [-0.05, 0) is 66.1 Å². The molecule has 0 unspecified atom stereocenters. The maximum absolute atomic E-state index is 13.5. The number of morpholine rings is 1. The van der Waals surface area contributed by atoms with Gasteiger partial charge in [-0.3, -0.25) is 4.79 Å². The van der Waals surface area contributed by atoms with Crippen molar-refractivity contribution in [2.75, 3.05) is 36.5 Å². The molecule has 38 heavy (non-hydrogen) atoms. The second-order valence-corrected chi connectivity index (χ2v) is 11.2. The van der Waals surface area contributed by atoms with Crippen molar-refractivity contribution in [3.8, 4) is 0 Å². The highest BCUT2D eigenvalue weighted by molar-refractivity contribution is 7.89. The Kier molecular flexibility index (Phi) is 7.74. The van der Waals surface area contributed by atoms with Crippen molar-refractivity contribution in [3.63, 3.8) is 0 Å².